The molecule has 0 aromatic carbocycles. The molecule has 4 heteroatoms. The molecule has 0 bridgehead atoms. The van der Waals surface area contributed by atoms with Gasteiger partial charge in [0.1, 0.15) is 6.10 Å². The summed E-state index contributed by atoms with van der Waals surface area (Å²) in [7, 11) is 0. The fourth-order valence-corrected chi connectivity index (χ4v) is 3.46. The van der Waals surface area contributed by atoms with Gasteiger partial charge in [-0.1, -0.05) is 20.8 Å². The first-order valence-electron chi connectivity index (χ1n) is 8.14. The van der Waals surface area contributed by atoms with Crippen LogP contribution in [0.25, 0.3) is 0 Å². The predicted octanol–water partition coefficient (Wildman–Crippen LogP) is 3.68. The number of nitriles is 1. The van der Waals surface area contributed by atoms with Crippen LogP contribution in [0, 0.1) is 28.6 Å². The predicted molar refractivity (Wildman–Crippen MR) is 82.3 cm³/mol. The Morgan fingerprint density at radius 2 is 2.14 bits per heavy atom. The summed E-state index contributed by atoms with van der Waals surface area (Å²) in [5.74, 6) is 1.34. The van der Waals surface area contributed by atoms with Crippen molar-refractivity contribution in [3.05, 3.63) is 18.0 Å². The van der Waals surface area contributed by atoms with Gasteiger partial charge in [0.05, 0.1) is 17.7 Å². The normalized spacial score (nSPS) is 27.5. The van der Waals surface area contributed by atoms with Gasteiger partial charge in [-0.3, -0.25) is 4.68 Å². The van der Waals surface area contributed by atoms with Crippen molar-refractivity contribution < 1.29 is 5.11 Å². The van der Waals surface area contributed by atoms with Crippen LogP contribution in [0.4, 0.5) is 0 Å². The van der Waals surface area contributed by atoms with Crippen molar-refractivity contribution in [3.63, 3.8) is 0 Å². The van der Waals surface area contributed by atoms with Crippen LogP contribution < -0.4 is 0 Å². The summed E-state index contributed by atoms with van der Waals surface area (Å²) < 4.78 is 1.85. The number of aryl methyl sites for hydroxylation is 1. The molecule has 1 aliphatic carbocycles. The summed E-state index contributed by atoms with van der Waals surface area (Å²) in [6, 6.07) is 2.43. The van der Waals surface area contributed by atoms with Gasteiger partial charge in [-0.05, 0) is 43.9 Å². The molecule has 1 aliphatic rings. The zero-order chi connectivity index (χ0) is 15.5. The molecule has 4 nitrogen and oxygen atoms in total. The molecular formula is C17H27N3O. The van der Waals surface area contributed by atoms with Crippen LogP contribution in [0.2, 0.25) is 0 Å². The van der Waals surface area contributed by atoms with Crippen LogP contribution in [0.15, 0.2) is 12.4 Å². The topological polar surface area (TPSA) is 61.8 Å². The van der Waals surface area contributed by atoms with Crippen molar-refractivity contribution in [2.24, 2.45) is 17.3 Å². The summed E-state index contributed by atoms with van der Waals surface area (Å²) >= 11 is 0. The molecule has 0 spiro atoms. The number of aliphatic hydroxyl groups excluding tert-OH is 1. The second kappa shape index (κ2) is 6.62. The number of hydrogen-bond donors (Lipinski definition) is 1. The molecule has 1 N–H and O–H groups in total. The highest BCUT2D eigenvalue weighted by Gasteiger charge is 2.43. The molecular weight excluding hydrogens is 262 g/mol. The molecule has 116 valence electrons. The minimum atomic E-state index is -0.721. The third kappa shape index (κ3) is 3.29. The van der Waals surface area contributed by atoms with E-state index in [9.17, 15) is 10.4 Å². The van der Waals surface area contributed by atoms with Gasteiger partial charge in [-0.2, -0.15) is 10.4 Å². The molecule has 0 aliphatic heterocycles. The van der Waals surface area contributed by atoms with E-state index in [1.807, 2.05) is 10.9 Å². The second-order valence-electron chi connectivity index (χ2n) is 6.79. The fourth-order valence-electron chi connectivity index (χ4n) is 3.46. The number of aromatic nitrogens is 2. The van der Waals surface area contributed by atoms with Crippen molar-refractivity contribution in [2.75, 3.05) is 0 Å². The summed E-state index contributed by atoms with van der Waals surface area (Å²) in [5.41, 5.74) is 0.152. The minimum absolute atomic E-state index is 0.633. The zero-order valence-electron chi connectivity index (χ0n) is 13.4. The van der Waals surface area contributed by atoms with Crippen molar-refractivity contribution in [1.82, 2.24) is 9.78 Å². The minimum Gasteiger partial charge on any atom is -0.387 e. The Hall–Kier alpha value is -1.34. The highest BCUT2D eigenvalue weighted by atomic mass is 16.3. The monoisotopic (exact) mass is 289 g/mol. The third-order valence-electron chi connectivity index (χ3n) is 5.03. The molecule has 2 rings (SSSR count). The Morgan fingerprint density at radius 3 is 2.67 bits per heavy atom. The van der Waals surface area contributed by atoms with Gasteiger partial charge in [0, 0.05) is 18.3 Å². The lowest BCUT2D eigenvalue weighted by Crippen LogP contribution is -2.33. The Bertz CT molecular complexity index is 492. The molecule has 0 amide bonds. The van der Waals surface area contributed by atoms with Crippen LogP contribution in [0.1, 0.15) is 64.5 Å². The zero-order valence-corrected chi connectivity index (χ0v) is 13.4. The number of aliphatic hydroxyl groups is 1. The lowest BCUT2D eigenvalue weighted by molar-refractivity contribution is 0.0190. The molecule has 1 saturated carbocycles. The number of rotatable bonds is 5. The summed E-state index contributed by atoms with van der Waals surface area (Å²) in [6.07, 6.45) is 7.53. The van der Waals surface area contributed by atoms with E-state index >= 15 is 0 Å². The van der Waals surface area contributed by atoms with Crippen LogP contribution in [0.3, 0.4) is 0 Å². The molecule has 1 aromatic rings. The average Bonchev–Trinajstić information content (AvgIpc) is 2.95. The van der Waals surface area contributed by atoms with Crippen LogP contribution >= 0.6 is 0 Å². The summed E-state index contributed by atoms with van der Waals surface area (Å²) in [5, 5.41) is 24.7. The van der Waals surface area contributed by atoms with E-state index in [2.05, 4.69) is 31.9 Å². The standard InChI is InChI=1S/C17H27N3O/c1-4-9-20-11-15(10-19-20)16(21)17(12-18)7-5-14(6-8-17)13(2)3/h10-11,13-14,16,21H,4-9H2,1-3H3. The van der Waals surface area contributed by atoms with Crippen molar-refractivity contribution in [2.45, 2.75) is 65.5 Å². The fraction of sp³-hybridized carbons (Fsp3) is 0.765. The molecule has 1 fully saturated rings. The van der Waals surface area contributed by atoms with E-state index in [0.717, 1.165) is 44.2 Å². The van der Waals surface area contributed by atoms with E-state index in [1.54, 1.807) is 6.20 Å². The largest absolute Gasteiger partial charge is 0.387 e. The Labute approximate surface area is 127 Å². The quantitative estimate of drug-likeness (QED) is 0.899. The molecule has 21 heavy (non-hydrogen) atoms. The van der Waals surface area contributed by atoms with Crippen molar-refractivity contribution in [1.29, 1.82) is 5.26 Å². The Balaban J connectivity index is 2.11. The highest BCUT2D eigenvalue weighted by Crippen LogP contribution is 2.48. The Kier molecular flexibility index (Phi) is 5.05. The van der Waals surface area contributed by atoms with Crippen molar-refractivity contribution >= 4 is 0 Å². The van der Waals surface area contributed by atoms with Gasteiger partial charge in [0.15, 0.2) is 0 Å². The molecule has 0 saturated heterocycles. The van der Waals surface area contributed by atoms with E-state index in [0.29, 0.717) is 11.8 Å². The first-order chi connectivity index (χ1) is 10.0. The molecule has 1 heterocycles. The summed E-state index contributed by atoms with van der Waals surface area (Å²) in [4.78, 5) is 0. The molecule has 1 atom stereocenters. The Morgan fingerprint density at radius 1 is 1.48 bits per heavy atom. The number of hydrogen-bond acceptors (Lipinski definition) is 3. The van der Waals surface area contributed by atoms with Gasteiger partial charge in [0.2, 0.25) is 0 Å². The smallest absolute Gasteiger partial charge is 0.101 e. The lowest BCUT2D eigenvalue weighted by Gasteiger charge is -2.39. The van der Waals surface area contributed by atoms with Gasteiger partial charge < -0.3 is 5.11 Å². The highest BCUT2D eigenvalue weighted by molar-refractivity contribution is 5.18. The first kappa shape index (κ1) is 16.0. The van der Waals surface area contributed by atoms with E-state index in [1.165, 1.54) is 0 Å². The first-order valence-corrected chi connectivity index (χ1v) is 8.14. The van der Waals surface area contributed by atoms with Gasteiger partial charge in [0.25, 0.3) is 0 Å². The molecule has 0 radical (unpaired) electrons. The SMILES string of the molecule is CCCn1cc(C(O)C2(C#N)CCC(C(C)C)CC2)cn1. The second-order valence-corrected chi connectivity index (χ2v) is 6.79. The van der Waals surface area contributed by atoms with Crippen LogP contribution in [-0.2, 0) is 6.54 Å². The van der Waals surface area contributed by atoms with Gasteiger partial charge in [-0.15, -0.1) is 0 Å². The van der Waals surface area contributed by atoms with Gasteiger partial charge in [-0.25, -0.2) is 0 Å². The maximum Gasteiger partial charge on any atom is 0.101 e. The lowest BCUT2D eigenvalue weighted by atomic mass is 9.65. The number of nitrogens with zero attached hydrogens (tertiary/aromatic N) is 3. The molecule has 1 aromatic heterocycles. The van der Waals surface area contributed by atoms with Crippen LogP contribution in [-0.4, -0.2) is 14.9 Å². The molecule has 1 unspecified atom stereocenters. The maximum absolute atomic E-state index is 10.7. The summed E-state index contributed by atoms with van der Waals surface area (Å²) in [6.45, 7) is 7.44. The van der Waals surface area contributed by atoms with E-state index < -0.39 is 11.5 Å². The maximum atomic E-state index is 10.7. The third-order valence-corrected chi connectivity index (χ3v) is 5.03. The van der Waals surface area contributed by atoms with Crippen molar-refractivity contribution in [3.8, 4) is 6.07 Å². The van der Waals surface area contributed by atoms with E-state index in [4.69, 9.17) is 0 Å². The average molecular weight is 289 g/mol. The van der Waals surface area contributed by atoms with E-state index in [-0.39, 0.29) is 0 Å². The van der Waals surface area contributed by atoms with Crippen LogP contribution in [0.5, 0.6) is 0 Å². The van der Waals surface area contributed by atoms with Gasteiger partial charge >= 0.3 is 0 Å².